The summed E-state index contributed by atoms with van der Waals surface area (Å²) in [6.45, 7) is 4.53. The number of halogens is 1. The maximum atomic E-state index is 5.39. The molecule has 25 heavy (non-hydrogen) atoms. The number of nitrogens with one attached hydrogen (secondary N) is 2. The summed E-state index contributed by atoms with van der Waals surface area (Å²) in [7, 11) is 1.70. The van der Waals surface area contributed by atoms with Gasteiger partial charge < -0.3 is 19.8 Å². The molecule has 0 fully saturated rings. The van der Waals surface area contributed by atoms with Crippen molar-refractivity contribution in [1.82, 2.24) is 10.6 Å². The van der Waals surface area contributed by atoms with E-state index in [1.807, 2.05) is 30.3 Å². The first-order valence-corrected chi connectivity index (χ1v) is 8.50. The van der Waals surface area contributed by atoms with Gasteiger partial charge in [0.15, 0.2) is 5.96 Å². The van der Waals surface area contributed by atoms with Crippen LogP contribution in [0.15, 0.2) is 52.1 Å². The zero-order valence-electron chi connectivity index (χ0n) is 15.0. The molecule has 0 spiro atoms. The Kier molecular flexibility index (Phi) is 10.8. The summed E-state index contributed by atoms with van der Waals surface area (Å²) in [6.07, 6.45) is 4.45. The number of para-hydroxylation sites is 1. The van der Waals surface area contributed by atoms with Crippen LogP contribution in [0.25, 0.3) is 0 Å². The lowest BCUT2D eigenvalue weighted by Gasteiger charge is -2.13. The minimum Gasteiger partial charge on any atom is -0.496 e. The number of rotatable bonds is 9. The normalized spacial score (nSPS) is 10.9. The van der Waals surface area contributed by atoms with E-state index in [-0.39, 0.29) is 24.0 Å². The zero-order chi connectivity index (χ0) is 17.0. The molecule has 0 atom stereocenters. The first-order valence-electron chi connectivity index (χ1n) is 8.50. The Morgan fingerprint density at radius 3 is 2.52 bits per heavy atom. The van der Waals surface area contributed by atoms with Gasteiger partial charge in [-0.25, -0.2) is 0 Å². The summed E-state index contributed by atoms with van der Waals surface area (Å²) in [5.74, 6) is 2.75. The maximum Gasteiger partial charge on any atom is 0.191 e. The van der Waals surface area contributed by atoms with Gasteiger partial charge in [-0.15, -0.1) is 24.0 Å². The molecule has 0 aliphatic heterocycles. The summed E-state index contributed by atoms with van der Waals surface area (Å²) in [4.78, 5) is 4.57. The number of hydrogen-bond acceptors (Lipinski definition) is 3. The van der Waals surface area contributed by atoms with E-state index in [9.17, 15) is 0 Å². The number of hydrogen-bond donors (Lipinski definition) is 2. The van der Waals surface area contributed by atoms with Crippen molar-refractivity contribution in [2.24, 2.45) is 4.99 Å². The average Bonchev–Trinajstić information content (AvgIpc) is 3.13. The third-order valence-electron chi connectivity index (χ3n) is 3.62. The molecule has 6 heteroatoms. The average molecular weight is 457 g/mol. The van der Waals surface area contributed by atoms with Crippen molar-refractivity contribution in [2.75, 3.05) is 26.7 Å². The second kappa shape index (κ2) is 12.6. The lowest BCUT2D eigenvalue weighted by atomic mass is 10.1. The number of aliphatic imine (C=N–C) groups is 1. The highest BCUT2D eigenvalue weighted by atomic mass is 127. The molecule has 0 aliphatic carbocycles. The number of methoxy groups -OCH3 is 1. The highest BCUT2D eigenvalue weighted by Crippen LogP contribution is 2.17. The molecule has 0 aliphatic rings. The van der Waals surface area contributed by atoms with E-state index >= 15 is 0 Å². The molecular formula is C19H28IN3O2. The van der Waals surface area contributed by atoms with Gasteiger partial charge >= 0.3 is 0 Å². The fraction of sp³-hybridized carbons (Fsp3) is 0.421. The van der Waals surface area contributed by atoms with E-state index in [0.717, 1.165) is 56.4 Å². The summed E-state index contributed by atoms with van der Waals surface area (Å²) >= 11 is 0. The number of furan rings is 1. The minimum atomic E-state index is 0. The van der Waals surface area contributed by atoms with Crippen molar-refractivity contribution in [3.63, 3.8) is 0 Å². The Bertz CT molecular complexity index is 615. The van der Waals surface area contributed by atoms with Crippen LogP contribution < -0.4 is 15.4 Å². The van der Waals surface area contributed by atoms with Crippen LogP contribution in [0.5, 0.6) is 5.75 Å². The van der Waals surface area contributed by atoms with Gasteiger partial charge in [0.25, 0.3) is 0 Å². The molecule has 5 nitrogen and oxygen atoms in total. The number of ether oxygens (including phenoxy) is 1. The van der Waals surface area contributed by atoms with E-state index < -0.39 is 0 Å². The molecule has 0 bridgehead atoms. The number of benzene rings is 1. The summed E-state index contributed by atoms with van der Waals surface area (Å²) in [6, 6.07) is 12.0. The van der Waals surface area contributed by atoms with Gasteiger partial charge in [0, 0.05) is 26.1 Å². The molecular weight excluding hydrogens is 429 g/mol. The van der Waals surface area contributed by atoms with Gasteiger partial charge in [-0.1, -0.05) is 25.1 Å². The first-order chi connectivity index (χ1) is 11.8. The van der Waals surface area contributed by atoms with Crippen molar-refractivity contribution in [2.45, 2.75) is 26.2 Å². The molecule has 0 saturated heterocycles. The molecule has 0 saturated carbocycles. The third-order valence-corrected chi connectivity index (χ3v) is 3.62. The lowest BCUT2D eigenvalue weighted by molar-refractivity contribution is 0.409. The van der Waals surface area contributed by atoms with Crippen LogP contribution in [0.4, 0.5) is 0 Å². The number of guanidine groups is 1. The fourth-order valence-corrected chi connectivity index (χ4v) is 2.38. The maximum absolute atomic E-state index is 5.39. The molecule has 2 aromatic rings. The van der Waals surface area contributed by atoms with E-state index in [2.05, 4.69) is 28.6 Å². The second-order valence-corrected chi connectivity index (χ2v) is 5.48. The standard InChI is InChI=1S/C19H27N3O2.HI/c1-3-12-20-19(22-14-11-17-8-6-15-24-17)21-13-10-16-7-4-5-9-18(16)23-2;/h4-9,15H,3,10-14H2,1-2H3,(H2,20,21,22);1H. The predicted octanol–water partition coefficient (Wildman–Crippen LogP) is 3.64. The molecule has 138 valence electrons. The fourth-order valence-electron chi connectivity index (χ4n) is 2.38. The van der Waals surface area contributed by atoms with Gasteiger partial charge in [-0.05, 0) is 36.6 Å². The van der Waals surface area contributed by atoms with Crippen LogP contribution in [-0.4, -0.2) is 32.7 Å². The monoisotopic (exact) mass is 457 g/mol. The highest BCUT2D eigenvalue weighted by Gasteiger charge is 2.03. The molecule has 1 heterocycles. The minimum absolute atomic E-state index is 0. The molecule has 2 N–H and O–H groups in total. The predicted molar refractivity (Wildman–Crippen MR) is 113 cm³/mol. The SMILES string of the molecule is CCCN=C(NCCc1ccco1)NCCc1ccccc1OC.I. The van der Waals surface area contributed by atoms with Crippen molar-refractivity contribution >= 4 is 29.9 Å². The summed E-state index contributed by atoms with van der Waals surface area (Å²) in [5, 5.41) is 6.74. The van der Waals surface area contributed by atoms with Crippen LogP contribution in [0.3, 0.4) is 0 Å². The molecule has 2 rings (SSSR count). The third kappa shape index (κ3) is 7.81. The second-order valence-electron chi connectivity index (χ2n) is 5.48. The largest absolute Gasteiger partial charge is 0.496 e. The Labute approximate surface area is 167 Å². The van der Waals surface area contributed by atoms with Gasteiger partial charge in [0.2, 0.25) is 0 Å². The molecule has 0 radical (unpaired) electrons. The Balaban J connectivity index is 0.00000312. The van der Waals surface area contributed by atoms with E-state index in [0.29, 0.717) is 0 Å². The Morgan fingerprint density at radius 2 is 1.84 bits per heavy atom. The van der Waals surface area contributed by atoms with Crippen LogP contribution >= 0.6 is 24.0 Å². The highest BCUT2D eigenvalue weighted by molar-refractivity contribution is 14.0. The number of nitrogens with zero attached hydrogens (tertiary/aromatic N) is 1. The van der Waals surface area contributed by atoms with Crippen LogP contribution in [0.1, 0.15) is 24.7 Å². The van der Waals surface area contributed by atoms with Crippen molar-refractivity contribution in [3.05, 3.63) is 54.0 Å². The lowest BCUT2D eigenvalue weighted by Crippen LogP contribution is -2.39. The summed E-state index contributed by atoms with van der Waals surface area (Å²) < 4.78 is 10.7. The van der Waals surface area contributed by atoms with Crippen molar-refractivity contribution in [3.8, 4) is 5.75 Å². The zero-order valence-corrected chi connectivity index (χ0v) is 17.3. The quantitative estimate of drug-likeness (QED) is 0.343. The van der Waals surface area contributed by atoms with Gasteiger partial charge in [-0.2, -0.15) is 0 Å². The van der Waals surface area contributed by atoms with E-state index in [1.54, 1.807) is 13.4 Å². The molecule has 0 unspecified atom stereocenters. The Morgan fingerprint density at radius 1 is 1.08 bits per heavy atom. The van der Waals surface area contributed by atoms with Gasteiger partial charge in [0.1, 0.15) is 11.5 Å². The van der Waals surface area contributed by atoms with E-state index in [1.165, 1.54) is 5.56 Å². The first kappa shape index (κ1) is 21.3. The van der Waals surface area contributed by atoms with E-state index in [4.69, 9.17) is 9.15 Å². The smallest absolute Gasteiger partial charge is 0.191 e. The molecule has 1 aromatic carbocycles. The molecule has 1 aromatic heterocycles. The molecule has 0 amide bonds. The van der Waals surface area contributed by atoms with Crippen molar-refractivity contribution in [1.29, 1.82) is 0 Å². The Hall–Kier alpha value is -1.70. The van der Waals surface area contributed by atoms with Gasteiger partial charge in [-0.3, -0.25) is 4.99 Å². The van der Waals surface area contributed by atoms with Gasteiger partial charge in [0.05, 0.1) is 13.4 Å². The van der Waals surface area contributed by atoms with Crippen LogP contribution in [0, 0.1) is 0 Å². The van der Waals surface area contributed by atoms with Crippen LogP contribution in [0.2, 0.25) is 0 Å². The summed E-state index contributed by atoms with van der Waals surface area (Å²) in [5.41, 5.74) is 1.19. The van der Waals surface area contributed by atoms with Crippen LogP contribution in [-0.2, 0) is 12.8 Å². The topological polar surface area (TPSA) is 58.8 Å². The van der Waals surface area contributed by atoms with Crippen molar-refractivity contribution < 1.29 is 9.15 Å².